The molecule has 1 aromatic carbocycles. The number of Topliss-reactive ketones (excluding diaryl/α,β-unsaturated/α-hetero) is 1. The molecule has 0 aliphatic rings. The minimum absolute atomic E-state index is 0.136. The van der Waals surface area contributed by atoms with Crippen molar-refractivity contribution in [1.29, 1.82) is 0 Å². The predicted octanol–water partition coefficient (Wildman–Crippen LogP) is 3.19. The molecule has 0 fully saturated rings. The third kappa shape index (κ3) is 3.24. The molecule has 7 nitrogen and oxygen atoms in total. The standard InChI is InChI=1S/C17H15N3O4/c1-10(21)13-8-14(18-9-13)17(22)23-11(2)15-19-20-16(24-15)12-6-4-3-5-7-12/h3-9,11,18H,1-2H3/t11-/m0/s1. The molecule has 0 aliphatic heterocycles. The maximum absolute atomic E-state index is 12.1. The van der Waals surface area contributed by atoms with Gasteiger partial charge in [-0.05, 0) is 32.0 Å². The van der Waals surface area contributed by atoms with Gasteiger partial charge >= 0.3 is 5.97 Å². The molecule has 0 bridgehead atoms. The summed E-state index contributed by atoms with van der Waals surface area (Å²) in [6, 6.07) is 10.7. The molecule has 122 valence electrons. The lowest BCUT2D eigenvalue weighted by atomic mass is 10.2. The fraction of sp³-hybridized carbons (Fsp3) is 0.176. The van der Waals surface area contributed by atoms with Crippen molar-refractivity contribution in [3.8, 4) is 11.5 Å². The smallest absolute Gasteiger partial charge is 0.355 e. The zero-order valence-electron chi connectivity index (χ0n) is 13.1. The van der Waals surface area contributed by atoms with E-state index >= 15 is 0 Å². The third-order valence-electron chi connectivity index (χ3n) is 3.40. The van der Waals surface area contributed by atoms with Crippen molar-refractivity contribution in [3.63, 3.8) is 0 Å². The van der Waals surface area contributed by atoms with E-state index in [1.807, 2.05) is 30.3 Å². The molecule has 24 heavy (non-hydrogen) atoms. The number of ketones is 1. The van der Waals surface area contributed by atoms with Crippen molar-refractivity contribution >= 4 is 11.8 Å². The highest BCUT2D eigenvalue weighted by Gasteiger charge is 2.21. The minimum atomic E-state index is -0.716. The molecule has 3 aromatic rings. The number of aromatic nitrogens is 3. The van der Waals surface area contributed by atoms with Crippen LogP contribution in [0.3, 0.4) is 0 Å². The normalized spacial score (nSPS) is 11.9. The van der Waals surface area contributed by atoms with E-state index in [1.54, 1.807) is 6.92 Å². The van der Waals surface area contributed by atoms with Gasteiger partial charge in [0.2, 0.25) is 5.89 Å². The van der Waals surface area contributed by atoms with Gasteiger partial charge in [0, 0.05) is 17.3 Å². The summed E-state index contributed by atoms with van der Waals surface area (Å²) < 4.78 is 10.8. The molecule has 7 heteroatoms. The average molecular weight is 325 g/mol. The molecule has 1 N–H and O–H groups in total. The van der Waals surface area contributed by atoms with Gasteiger partial charge in [0.15, 0.2) is 11.9 Å². The number of aromatic amines is 1. The number of benzene rings is 1. The van der Waals surface area contributed by atoms with Gasteiger partial charge in [-0.1, -0.05) is 18.2 Å². The van der Waals surface area contributed by atoms with Gasteiger partial charge in [0.1, 0.15) is 5.69 Å². The Bertz CT molecular complexity index is 867. The van der Waals surface area contributed by atoms with Crippen LogP contribution in [0.1, 0.15) is 46.7 Å². The lowest BCUT2D eigenvalue weighted by Crippen LogP contribution is -2.10. The first-order valence-corrected chi connectivity index (χ1v) is 7.33. The lowest BCUT2D eigenvalue weighted by Gasteiger charge is -2.08. The van der Waals surface area contributed by atoms with Gasteiger partial charge in [-0.15, -0.1) is 10.2 Å². The van der Waals surface area contributed by atoms with E-state index in [-0.39, 0.29) is 17.4 Å². The fourth-order valence-electron chi connectivity index (χ4n) is 2.09. The number of nitrogens with one attached hydrogen (secondary N) is 1. The number of carbonyl (C=O) groups is 2. The fourth-order valence-corrected chi connectivity index (χ4v) is 2.09. The number of hydrogen-bond donors (Lipinski definition) is 1. The second-order valence-electron chi connectivity index (χ2n) is 5.22. The van der Waals surface area contributed by atoms with Crippen molar-refractivity contribution in [1.82, 2.24) is 15.2 Å². The largest absolute Gasteiger partial charge is 0.448 e. The van der Waals surface area contributed by atoms with E-state index in [2.05, 4.69) is 15.2 Å². The number of H-pyrrole nitrogens is 1. The van der Waals surface area contributed by atoms with E-state index in [0.29, 0.717) is 11.5 Å². The van der Waals surface area contributed by atoms with Crippen LogP contribution in [0.5, 0.6) is 0 Å². The summed E-state index contributed by atoms with van der Waals surface area (Å²) in [5.41, 5.74) is 1.39. The molecule has 0 radical (unpaired) electrons. The van der Waals surface area contributed by atoms with Gasteiger partial charge in [-0.3, -0.25) is 4.79 Å². The lowest BCUT2D eigenvalue weighted by molar-refractivity contribution is 0.0273. The van der Waals surface area contributed by atoms with Crippen LogP contribution in [0, 0.1) is 0 Å². The topological polar surface area (TPSA) is 98.1 Å². The second-order valence-corrected chi connectivity index (χ2v) is 5.22. The van der Waals surface area contributed by atoms with Crippen molar-refractivity contribution in [2.75, 3.05) is 0 Å². The first-order valence-electron chi connectivity index (χ1n) is 7.33. The zero-order valence-corrected chi connectivity index (χ0v) is 13.1. The predicted molar refractivity (Wildman–Crippen MR) is 84.4 cm³/mol. The number of rotatable bonds is 5. The number of nitrogens with zero attached hydrogens (tertiary/aromatic N) is 2. The molecule has 0 saturated heterocycles. The number of carbonyl (C=O) groups excluding carboxylic acids is 2. The molecule has 0 saturated carbocycles. The van der Waals surface area contributed by atoms with Crippen LogP contribution >= 0.6 is 0 Å². The van der Waals surface area contributed by atoms with E-state index in [4.69, 9.17) is 9.15 Å². The Morgan fingerprint density at radius 1 is 1.21 bits per heavy atom. The molecule has 2 aromatic heterocycles. The summed E-state index contributed by atoms with van der Waals surface area (Å²) in [4.78, 5) is 26.1. The van der Waals surface area contributed by atoms with E-state index in [1.165, 1.54) is 19.2 Å². The maximum atomic E-state index is 12.1. The van der Waals surface area contributed by atoms with Gasteiger partial charge in [-0.25, -0.2) is 4.79 Å². The maximum Gasteiger partial charge on any atom is 0.355 e. The Balaban J connectivity index is 1.70. The Morgan fingerprint density at radius 3 is 2.62 bits per heavy atom. The van der Waals surface area contributed by atoms with Gasteiger partial charge < -0.3 is 14.1 Å². The Hall–Kier alpha value is -3.22. The van der Waals surface area contributed by atoms with Crippen molar-refractivity contribution in [3.05, 3.63) is 59.7 Å². The summed E-state index contributed by atoms with van der Waals surface area (Å²) in [5.74, 6) is -0.190. The highest BCUT2D eigenvalue weighted by Crippen LogP contribution is 2.22. The average Bonchev–Trinajstić information content (AvgIpc) is 3.25. The van der Waals surface area contributed by atoms with Gasteiger partial charge in [-0.2, -0.15) is 0 Å². The van der Waals surface area contributed by atoms with Crippen LogP contribution < -0.4 is 0 Å². The van der Waals surface area contributed by atoms with Crippen molar-refractivity contribution < 1.29 is 18.7 Å². The molecule has 1 atom stereocenters. The molecule has 0 unspecified atom stereocenters. The Morgan fingerprint density at radius 2 is 1.96 bits per heavy atom. The molecule has 0 aliphatic carbocycles. The first kappa shape index (κ1) is 15.7. The minimum Gasteiger partial charge on any atom is -0.448 e. The molecular formula is C17H15N3O4. The summed E-state index contributed by atoms with van der Waals surface area (Å²) in [6.45, 7) is 3.06. The number of ether oxygens (including phenoxy) is 1. The number of esters is 1. The molecule has 2 heterocycles. The van der Waals surface area contributed by atoms with Crippen LogP contribution in [0.25, 0.3) is 11.5 Å². The molecule has 3 rings (SSSR count). The van der Waals surface area contributed by atoms with E-state index in [0.717, 1.165) is 5.56 Å². The Kier molecular flexibility index (Phi) is 4.24. The highest BCUT2D eigenvalue weighted by molar-refractivity contribution is 5.97. The monoisotopic (exact) mass is 325 g/mol. The van der Waals surface area contributed by atoms with Crippen molar-refractivity contribution in [2.24, 2.45) is 0 Å². The SMILES string of the molecule is CC(=O)c1c[nH]c(C(=O)O[C@@H](C)c2nnc(-c3ccccc3)o2)c1. The van der Waals surface area contributed by atoms with Crippen LogP contribution in [-0.4, -0.2) is 26.9 Å². The zero-order chi connectivity index (χ0) is 17.1. The van der Waals surface area contributed by atoms with E-state index < -0.39 is 12.1 Å². The number of hydrogen-bond acceptors (Lipinski definition) is 6. The summed E-state index contributed by atoms with van der Waals surface area (Å²) in [6.07, 6.45) is 0.746. The van der Waals surface area contributed by atoms with Crippen LogP contribution in [0.2, 0.25) is 0 Å². The Labute approximate surface area is 137 Å². The van der Waals surface area contributed by atoms with Crippen LogP contribution in [0.15, 0.2) is 47.0 Å². The quantitative estimate of drug-likeness (QED) is 0.571. The first-order chi connectivity index (χ1) is 11.5. The van der Waals surface area contributed by atoms with E-state index in [9.17, 15) is 9.59 Å². The highest BCUT2D eigenvalue weighted by atomic mass is 16.6. The summed E-state index contributed by atoms with van der Waals surface area (Å²) >= 11 is 0. The van der Waals surface area contributed by atoms with Crippen LogP contribution in [0.4, 0.5) is 0 Å². The molecule has 0 spiro atoms. The van der Waals surface area contributed by atoms with Crippen molar-refractivity contribution in [2.45, 2.75) is 20.0 Å². The molecular weight excluding hydrogens is 310 g/mol. The summed E-state index contributed by atoms with van der Waals surface area (Å²) in [7, 11) is 0. The molecule has 0 amide bonds. The summed E-state index contributed by atoms with van der Waals surface area (Å²) in [5, 5.41) is 7.87. The van der Waals surface area contributed by atoms with Gasteiger partial charge in [0.25, 0.3) is 5.89 Å². The second kappa shape index (κ2) is 6.49. The third-order valence-corrected chi connectivity index (χ3v) is 3.40. The van der Waals surface area contributed by atoms with Crippen LogP contribution in [-0.2, 0) is 4.74 Å². The van der Waals surface area contributed by atoms with Gasteiger partial charge in [0.05, 0.1) is 0 Å².